The number of rotatable bonds is 3. The number of hydrogen-bond acceptors (Lipinski definition) is 3. The maximum Gasteiger partial charge on any atom is 0.335 e. The van der Waals surface area contributed by atoms with E-state index in [-0.39, 0.29) is 15.9 Å². The van der Waals surface area contributed by atoms with Gasteiger partial charge in [0.25, 0.3) is 0 Å². The van der Waals surface area contributed by atoms with Gasteiger partial charge in [-0.15, -0.1) is 0 Å². The number of carbonyl (C=O) groups is 1. The highest BCUT2D eigenvalue weighted by Gasteiger charge is 2.33. The van der Waals surface area contributed by atoms with Crippen molar-refractivity contribution in [1.29, 1.82) is 0 Å². The molecule has 1 fully saturated rings. The second kappa shape index (κ2) is 5.42. The molecule has 5 nitrogen and oxygen atoms in total. The maximum absolute atomic E-state index is 12.7. The average molecular weight is 311 g/mol. The molecule has 6 heteroatoms. The molecule has 0 aliphatic carbocycles. The number of benzene rings is 1. The van der Waals surface area contributed by atoms with Crippen molar-refractivity contribution in [2.75, 3.05) is 13.1 Å². The normalized spacial score (nSPS) is 19.4. The van der Waals surface area contributed by atoms with Crippen molar-refractivity contribution >= 4 is 16.0 Å². The van der Waals surface area contributed by atoms with E-state index in [1.165, 1.54) is 16.4 Å². The van der Waals surface area contributed by atoms with Crippen LogP contribution >= 0.6 is 0 Å². The third kappa shape index (κ3) is 3.27. The SMILES string of the molecule is Cc1ccc(C(=O)O)cc1S(=O)(=O)N1CCC(C)(C)CC1. The molecule has 1 aromatic carbocycles. The largest absolute Gasteiger partial charge is 0.478 e. The van der Waals surface area contributed by atoms with Crippen molar-refractivity contribution in [3.8, 4) is 0 Å². The van der Waals surface area contributed by atoms with Crippen molar-refractivity contribution < 1.29 is 18.3 Å². The molecule has 1 N–H and O–H groups in total. The molecule has 0 spiro atoms. The zero-order valence-electron chi connectivity index (χ0n) is 12.6. The number of carboxylic acid groups (broad SMARTS) is 1. The molecule has 1 saturated heterocycles. The van der Waals surface area contributed by atoms with E-state index in [0.29, 0.717) is 18.7 Å². The molecule has 0 amide bonds. The number of piperidine rings is 1. The lowest BCUT2D eigenvalue weighted by Gasteiger charge is -2.36. The van der Waals surface area contributed by atoms with Crippen LogP contribution in [0, 0.1) is 12.3 Å². The Kier molecular flexibility index (Phi) is 4.13. The number of aryl methyl sites for hydroxylation is 1. The summed E-state index contributed by atoms with van der Waals surface area (Å²) in [5.41, 5.74) is 0.727. The summed E-state index contributed by atoms with van der Waals surface area (Å²) < 4.78 is 26.9. The minimum absolute atomic E-state index is 0.00323. The lowest BCUT2D eigenvalue weighted by Crippen LogP contribution is -2.41. The highest BCUT2D eigenvalue weighted by atomic mass is 32.2. The van der Waals surface area contributed by atoms with Gasteiger partial charge in [0, 0.05) is 13.1 Å². The fourth-order valence-electron chi connectivity index (χ4n) is 2.48. The van der Waals surface area contributed by atoms with Crippen molar-refractivity contribution in [1.82, 2.24) is 4.31 Å². The van der Waals surface area contributed by atoms with E-state index in [1.807, 2.05) is 0 Å². The van der Waals surface area contributed by atoms with Crippen molar-refractivity contribution in [3.05, 3.63) is 29.3 Å². The van der Waals surface area contributed by atoms with E-state index in [4.69, 9.17) is 5.11 Å². The Bertz CT molecular complexity index is 654. The van der Waals surface area contributed by atoms with Gasteiger partial charge in [0.15, 0.2) is 0 Å². The lowest BCUT2D eigenvalue weighted by molar-refractivity contribution is 0.0696. The number of carboxylic acids is 1. The molecular formula is C15H21NO4S. The number of sulfonamides is 1. The molecule has 1 aliphatic rings. The van der Waals surface area contributed by atoms with E-state index in [9.17, 15) is 13.2 Å². The van der Waals surface area contributed by atoms with E-state index in [0.717, 1.165) is 12.8 Å². The Hall–Kier alpha value is -1.40. The molecule has 1 aromatic rings. The van der Waals surface area contributed by atoms with Gasteiger partial charge in [0.2, 0.25) is 10.0 Å². The predicted molar refractivity (Wildman–Crippen MR) is 79.9 cm³/mol. The smallest absolute Gasteiger partial charge is 0.335 e. The fourth-order valence-corrected chi connectivity index (χ4v) is 4.17. The zero-order valence-corrected chi connectivity index (χ0v) is 13.4. The summed E-state index contributed by atoms with van der Waals surface area (Å²) in [6.07, 6.45) is 1.62. The van der Waals surface area contributed by atoms with Gasteiger partial charge < -0.3 is 5.11 Å². The molecule has 1 aliphatic heterocycles. The minimum Gasteiger partial charge on any atom is -0.478 e. The Labute approximate surface area is 125 Å². The highest BCUT2D eigenvalue weighted by molar-refractivity contribution is 7.89. The van der Waals surface area contributed by atoms with Crippen LogP contribution in [0.5, 0.6) is 0 Å². The third-order valence-electron chi connectivity index (χ3n) is 4.13. The van der Waals surface area contributed by atoms with E-state index in [1.54, 1.807) is 13.0 Å². The van der Waals surface area contributed by atoms with Crippen molar-refractivity contribution in [2.45, 2.75) is 38.5 Å². The predicted octanol–water partition coefficient (Wildman–Crippen LogP) is 2.50. The van der Waals surface area contributed by atoms with Gasteiger partial charge in [-0.1, -0.05) is 19.9 Å². The molecule has 21 heavy (non-hydrogen) atoms. The molecule has 0 radical (unpaired) electrons. The van der Waals surface area contributed by atoms with Crippen LogP contribution < -0.4 is 0 Å². The first kappa shape index (κ1) is 16.0. The van der Waals surface area contributed by atoms with Crippen molar-refractivity contribution in [2.24, 2.45) is 5.41 Å². The molecule has 0 bridgehead atoms. The minimum atomic E-state index is -3.63. The van der Waals surface area contributed by atoms with Crippen LogP contribution in [0.2, 0.25) is 0 Å². The van der Waals surface area contributed by atoms with Crippen LogP contribution in [0.3, 0.4) is 0 Å². The van der Waals surface area contributed by atoms with Gasteiger partial charge in [-0.2, -0.15) is 4.31 Å². The van der Waals surface area contributed by atoms with E-state index < -0.39 is 16.0 Å². The fraction of sp³-hybridized carbons (Fsp3) is 0.533. The van der Waals surface area contributed by atoms with Gasteiger partial charge in [-0.3, -0.25) is 0 Å². The Balaban J connectivity index is 2.36. The number of nitrogens with zero attached hydrogens (tertiary/aromatic N) is 1. The quantitative estimate of drug-likeness (QED) is 0.930. The van der Waals surface area contributed by atoms with Gasteiger partial charge >= 0.3 is 5.97 Å². The Morgan fingerprint density at radius 3 is 2.33 bits per heavy atom. The summed E-state index contributed by atoms with van der Waals surface area (Å²) >= 11 is 0. The van der Waals surface area contributed by atoms with Crippen LogP contribution in [0.25, 0.3) is 0 Å². The van der Waals surface area contributed by atoms with Crippen LogP contribution in [0.15, 0.2) is 23.1 Å². The summed E-state index contributed by atoms with van der Waals surface area (Å²) in [5.74, 6) is -1.12. The van der Waals surface area contributed by atoms with Gasteiger partial charge in [-0.25, -0.2) is 13.2 Å². The van der Waals surface area contributed by atoms with Crippen LogP contribution in [0.4, 0.5) is 0 Å². The zero-order chi connectivity index (χ0) is 15.8. The lowest BCUT2D eigenvalue weighted by atomic mass is 9.83. The monoisotopic (exact) mass is 311 g/mol. The molecule has 0 atom stereocenters. The number of aromatic carboxylic acids is 1. The maximum atomic E-state index is 12.7. The van der Waals surface area contributed by atoms with Gasteiger partial charge in [-0.05, 0) is 42.9 Å². The van der Waals surface area contributed by atoms with Gasteiger partial charge in [0.1, 0.15) is 0 Å². The average Bonchev–Trinajstić information content (AvgIpc) is 2.38. The molecule has 0 aromatic heterocycles. The van der Waals surface area contributed by atoms with E-state index in [2.05, 4.69) is 13.8 Å². The van der Waals surface area contributed by atoms with Crippen LogP contribution in [0.1, 0.15) is 42.6 Å². The summed E-state index contributed by atoms with van der Waals surface area (Å²) in [5, 5.41) is 9.04. The van der Waals surface area contributed by atoms with Gasteiger partial charge in [0.05, 0.1) is 10.5 Å². The van der Waals surface area contributed by atoms with Crippen LogP contribution in [-0.4, -0.2) is 36.9 Å². The van der Waals surface area contributed by atoms with Crippen LogP contribution in [-0.2, 0) is 10.0 Å². The molecular weight excluding hydrogens is 290 g/mol. The second-order valence-electron chi connectivity index (χ2n) is 6.35. The topological polar surface area (TPSA) is 74.7 Å². The molecule has 1 heterocycles. The first-order chi connectivity index (χ1) is 9.63. The summed E-state index contributed by atoms with van der Waals surface area (Å²) in [6.45, 7) is 6.91. The molecule has 0 saturated carbocycles. The summed E-state index contributed by atoms with van der Waals surface area (Å²) in [7, 11) is -3.63. The Morgan fingerprint density at radius 1 is 1.24 bits per heavy atom. The number of hydrogen-bond donors (Lipinski definition) is 1. The summed E-state index contributed by atoms with van der Waals surface area (Å²) in [4.78, 5) is 11.1. The standard InChI is InChI=1S/C15H21NO4S/c1-11-4-5-12(14(17)18)10-13(11)21(19,20)16-8-6-15(2,3)7-9-16/h4-5,10H,6-9H2,1-3H3,(H,17,18). The summed E-state index contributed by atoms with van der Waals surface area (Å²) in [6, 6.07) is 4.23. The molecule has 116 valence electrons. The van der Waals surface area contributed by atoms with E-state index >= 15 is 0 Å². The first-order valence-corrected chi connectivity index (χ1v) is 8.42. The highest BCUT2D eigenvalue weighted by Crippen LogP contribution is 2.33. The molecule has 0 unspecified atom stereocenters. The first-order valence-electron chi connectivity index (χ1n) is 6.98. The Morgan fingerprint density at radius 2 is 1.81 bits per heavy atom. The molecule has 2 rings (SSSR count). The second-order valence-corrected chi connectivity index (χ2v) is 8.26. The van der Waals surface area contributed by atoms with Crippen molar-refractivity contribution in [3.63, 3.8) is 0 Å². The third-order valence-corrected chi connectivity index (χ3v) is 6.17.